The highest BCUT2D eigenvalue weighted by molar-refractivity contribution is 7.80. The van der Waals surface area contributed by atoms with Gasteiger partial charge in [-0.25, -0.2) is 0 Å². The lowest BCUT2D eigenvalue weighted by molar-refractivity contribution is -0.147. The molecule has 1 saturated carbocycles. The number of hydrogen-bond acceptors (Lipinski definition) is 4. The first kappa shape index (κ1) is 13.7. The molecule has 0 aromatic heterocycles. The second kappa shape index (κ2) is 5.50. The predicted molar refractivity (Wildman–Crippen MR) is 71.1 cm³/mol. The van der Waals surface area contributed by atoms with Gasteiger partial charge in [0, 0.05) is 13.1 Å². The normalized spacial score (nSPS) is 27.2. The van der Waals surface area contributed by atoms with Gasteiger partial charge in [0.05, 0.1) is 29.7 Å². The molecule has 102 valence electrons. The van der Waals surface area contributed by atoms with E-state index in [9.17, 15) is 4.79 Å². The molecule has 2 fully saturated rings. The van der Waals surface area contributed by atoms with E-state index in [1.54, 1.807) is 4.90 Å². The van der Waals surface area contributed by atoms with Gasteiger partial charge in [-0.2, -0.15) is 0 Å². The van der Waals surface area contributed by atoms with E-state index in [4.69, 9.17) is 27.8 Å². The number of carbonyl (C=O) groups excluding carboxylic acids is 1. The Labute approximate surface area is 112 Å². The van der Waals surface area contributed by atoms with Crippen molar-refractivity contribution < 1.29 is 14.6 Å². The second-order valence-electron chi connectivity index (χ2n) is 5.08. The van der Waals surface area contributed by atoms with Crippen molar-refractivity contribution in [2.45, 2.75) is 31.8 Å². The van der Waals surface area contributed by atoms with Crippen molar-refractivity contribution in [3.63, 3.8) is 0 Å². The number of ether oxygens (including phenoxy) is 1. The Morgan fingerprint density at radius 3 is 2.72 bits per heavy atom. The van der Waals surface area contributed by atoms with Gasteiger partial charge in [-0.1, -0.05) is 25.1 Å². The van der Waals surface area contributed by atoms with Crippen molar-refractivity contribution in [1.29, 1.82) is 0 Å². The van der Waals surface area contributed by atoms with Crippen molar-refractivity contribution >= 4 is 23.1 Å². The first-order valence-electron chi connectivity index (χ1n) is 6.42. The van der Waals surface area contributed by atoms with Gasteiger partial charge in [-0.15, -0.1) is 0 Å². The second-order valence-corrected chi connectivity index (χ2v) is 5.52. The summed E-state index contributed by atoms with van der Waals surface area (Å²) in [7, 11) is 0. The first-order chi connectivity index (χ1) is 8.60. The summed E-state index contributed by atoms with van der Waals surface area (Å²) < 4.78 is 5.36. The van der Waals surface area contributed by atoms with Crippen molar-refractivity contribution in [3.8, 4) is 0 Å². The van der Waals surface area contributed by atoms with Gasteiger partial charge in [0.25, 0.3) is 0 Å². The Balaban J connectivity index is 2.11. The predicted octanol–water partition coefficient (Wildman–Crippen LogP) is 0.0526. The molecule has 5 nitrogen and oxygen atoms in total. The average molecular weight is 272 g/mol. The van der Waals surface area contributed by atoms with Gasteiger partial charge in [0.2, 0.25) is 5.91 Å². The molecule has 0 bridgehead atoms. The maximum atomic E-state index is 12.6. The van der Waals surface area contributed by atoms with Crippen LogP contribution in [0.1, 0.15) is 25.7 Å². The lowest BCUT2D eigenvalue weighted by atomic mass is 9.84. The van der Waals surface area contributed by atoms with Crippen molar-refractivity contribution in [1.82, 2.24) is 4.90 Å². The average Bonchev–Trinajstić information content (AvgIpc) is 2.88. The molecule has 18 heavy (non-hydrogen) atoms. The molecule has 6 heteroatoms. The minimum Gasteiger partial charge on any atom is -0.394 e. The number of amides is 1. The summed E-state index contributed by atoms with van der Waals surface area (Å²) >= 11 is 5.12. The van der Waals surface area contributed by atoms with Crippen LogP contribution >= 0.6 is 12.2 Å². The number of nitrogens with two attached hydrogens (primary N) is 1. The summed E-state index contributed by atoms with van der Waals surface area (Å²) in [4.78, 5) is 14.7. The fraction of sp³-hybridized carbons (Fsp3) is 0.833. The maximum absolute atomic E-state index is 12.6. The molecule has 2 aliphatic rings. The van der Waals surface area contributed by atoms with Gasteiger partial charge < -0.3 is 20.5 Å². The number of thiocarbonyl (C=S) groups is 1. The van der Waals surface area contributed by atoms with Crippen LogP contribution in [0.4, 0.5) is 0 Å². The fourth-order valence-corrected chi connectivity index (χ4v) is 3.15. The van der Waals surface area contributed by atoms with Crippen molar-refractivity contribution in [2.75, 3.05) is 26.3 Å². The summed E-state index contributed by atoms with van der Waals surface area (Å²) in [5.41, 5.74) is 5.16. The monoisotopic (exact) mass is 272 g/mol. The molecule has 1 amide bonds. The lowest BCUT2D eigenvalue weighted by Gasteiger charge is -2.38. The van der Waals surface area contributed by atoms with E-state index in [1.165, 1.54) is 0 Å². The van der Waals surface area contributed by atoms with Gasteiger partial charge in [-0.05, 0) is 12.8 Å². The van der Waals surface area contributed by atoms with E-state index >= 15 is 0 Å². The number of morpholine rings is 1. The van der Waals surface area contributed by atoms with Crippen LogP contribution in [0.3, 0.4) is 0 Å². The van der Waals surface area contributed by atoms with Crippen LogP contribution < -0.4 is 5.73 Å². The number of nitrogens with zero attached hydrogens (tertiary/aromatic N) is 1. The molecular formula is C12H20N2O3S. The SMILES string of the molecule is NC(=S)C1(C(=O)N2CCOC(CO)C2)CCCC1. The van der Waals surface area contributed by atoms with Gasteiger partial charge >= 0.3 is 0 Å². The molecular weight excluding hydrogens is 252 g/mol. The molecule has 1 aliphatic carbocycles. The summed E-state index contributed by atoms with van der Waals surface area (Å²) in [6.45, 7) is 1.38. The molecule has 1 saturated heterocycles. The van der Waals surface area contributed by atoms with Gasteiger partial charge in [-0.3, -0.25) is 4.79 Å². The largest absolute Gasteiger partial charge is 0.394 e. The van der Waals surface area contributed by atoms with Crippen LogP contribution in [-0.2, 0) is 9.53 Å². The molecule has 1 aliphatic heterocycles. The van der Waals surface area contributed by atoms with E-state index in [1.807, 2.05) is 0 Å². The van der Waals surface area contributed by atoms with Crippen LogP contribution in [-0.4, -0.2) is 53.3 Å². The number of carbonyl (C=O) groups is 1. The summed E-state index contributed by atoms with van der Waals surface area (Å²) in [6.07, 6.45) is 3.21. The van der Waals surface area contributed by atoms with E-state index in [-0.39, 0.29) is 18.6 Å². The van der Waals surface area contributed by atoms with Crippen LogP contribution in [0, 0.1) is 5.41 Å². The van der Waals surface area contributed by atoms with Crippen LogP contribution in [0.25, 0.3) is 0 Å². The molecule has 1 unspecified atom stereocenters. The Kier molecular flexibility index (Phi) is 4.19. The number of rotatable bonds is 3. The zero-order valence-electron chi connectivity index (χ0n) is 10.4. The third-order valence-electron chi connectivity index (χ3n) is 3.97. The molecule has 2 rings (SSSR count). The zero-order valence-corrected chi connectivity index (χ0v) is 11.2. The van der Waals surface area contributed by atoms with Crippen molar-refractivity contribution in [2.24, 2.45) is 11.1 Å². The topological polar surface area (TPSA) is 75.8 Å². The third kappa shape index (κ3) is 2.37. The third-order valence-corrected chi connectivity index (χ3v) is 4.36. The first-order valence-corrected chi connectivity index (χ1v) is 6.83. The Hall–Kier alpha value is -0.720. The molecule has 3 N–H and O–H groups in total. The number of aliphatic hydroxyl groups excluding tert-OH is 1. The van der Waals surface area contributed by atoms with Crippen LogP contribution in [0.15, 0.2) is 0 Å². The summed E-state index contributed by atoms with van der Waals surface area (Å²) in [5.74, 6) is 0.0225. The number of hydrogen-bond donors (Lipinski definition) is 2. The molecule has 1 heterocycles. The molecule has 0 aromatic rings. The summed E-state index contributed by atoms with van der Waals surface area (Å²) in [5, 5.41) is 9.12. The van der Waals surface area contributed by atoms with Crippen LogP contribution in [0.2, 0.25) is 0 Å². The van der Waals surface area contributed by atoms with E-state index in [0.717, 1.165) is 25.7 Å². The highest BCUT2D eigenvalue weighted by Gasteiger charge is 2.46. The van der Waals surface area contributed by atoms with Gasteiger partial charge in [0.1, 0.15) is 0 Å². The lowest BCUT2D eigenvalue weighted by Crippen LogP contribution is -2.54. The highest BCUT2D eigenvalue weighted by Crippen LogP contribution is 2.40. The van der Waals surface area contributed by atoms with E-state index in [0.29, 0.717) is 24.7 Å². The standard InChI is InChI=1S/C12H20N2O3S/c13-10(18)12(3-1-2-4-12)11(16)14-5-6-17-9(7-14)8-15/h9,15H,1-8H2,(H2,13,18). The van der Waals surface area contributed by atoms with E-state index in [2.05, 4.69) is 0 Å². The number of aliphatic hydroxyl groups is 1. The summed E-state index contributed by atoms with van der Waals surface area (Å²) in [6, 6.07) is 0. The molecule has 0 aromatic carbocycles. The van der Waals surface area contributed by atoms with Crippen LogP contribution in [0.5, 0.6) is 0 Å². The van der Waals surface area contributed by atoms with Crippen molar-refractivity contribution in [3.05, 3.63) is 0 Å². The zero-order chi connectivity index (χ0) is 13.2. The quantitative estimate of drug-likeness (QED) is 0.710. The minimum absolute atomic E-state index is 0.0225. The Morgan fingerprint density at radius 1 is 1.50 bits per heavy atom. The fourth-order valence-electron chi connectivity index (χ4n) is 2.86. The highest BCUT2D eigenvalue weighted by atomic mass is 32.1. The maximum Gasteiger partial charge on any atom is 0.235 e. The van der Waals surface area contributed by atoms with E-state index < -0.39 is 5.41 Å². The Bertz CT molecular complexity index is 342. The van der Waals surface area contributed by atoms with Gasteiger partial charge in [0.15, 0.2) is 0 Å². The molecule has 1 atom stereocenters. The Morgan fingerprint density at radius 2 is 2.17 bits per heavy atom. The smallest absolute Gasteiger partial charge is 0.235 e. The minimum atomic E-state index is -0.646. The molecule has 0 spiro atoms. The molecule has 0 radical (unpaired) electrons.